The summed E-state index contributed by atoms with van der Waals surface area (Å²) in [5, 5.41) is 5.26. The molecule has 11 heteroatoms. The minimum absolute atomic E-state index is 0.0349. The summed E-state index contributed by atoms with van der Waals surface area (Å²) >= 11 is 0. The van der Waals surface area contributed by atoms with E-state index in [9.17, 15) is 18.0 Å². The van der Waals surface area contributed by atoms with E-state index in [4.69, 9.17) is 14.2 Å². The Hall–Kier alpha value is -3.31. The van der Waals surface area contributed by atoms with Gasteiger partial charge in [-0.05, 0) is 37.3 Å². The second kappa shape index (κ2) is 8.44. The first-order chi connectivity index (χ1) is 14.8. The lowest BCUT2D eigenvalue weighted by Gasteiger charge is -2.23. The predicted molar refractivity (Wildman–Crippen MR) is 111 cm³/mol. The molecule has 164 valence electrons. The van der Waals surface area contributed by atoms with Crippen molar-refractivity contribution < 1.29 is 32.2 Å². The summed E-state index contributed by atoms with van der Waals surface area (Å²) in [5.41, 5.74) is 0.811. The number of rotatable bonds is 5. The van der Waals surface area contributed by atoms with Crippen LogP contribution in [0.1, 0.15) is 13.3 Å². The van der Waals surface area contributed by atoms with E-state index in [0.717, 1.165) is 0 Å². The van der Waals surface area contributed by atoms with E-state index in [2.05, 4.69) is 15.4 Å². The number of anilines is 2. The number of carbonyl (C=O) groups is 2. The Kier molecular flexibility index (Phi) is 5.70. The molecule has 2 aliphatic heterocycles. The molecule has 0 saturated carbocycles. The Morgan fingerprint density at radius 1 is 1.10 bits per heavy atom. The summed E-state index contributed by atoms with van der Waals surface area (Å²) in [6.45, 7) is 2.07. The summed E-state index contributed by atoms with van der Waals surface area (Å²) in [6, 6.07) is 9.03. The van der Waals surface area contributed by atoms with E-state index in [-0.39, 0.29) is 10.8 Å². The Bertz CT molecular complexity index is 1130. The lowest BCUT2D eigenvalue weighted by atomic mass is 10.2. The molecule has 0 radical (unpaired) electrons. The van der Waals surface area contributed by atoms with Crippen LogP contribution in [0.2, 0.25) is 0 Å². The quantitative estimate of drug-likeness (QED) is 0.633. The number of nitrogens with one attached hydrogen (secondary N) is 3. The van der Waals surface area contributed by atoms with Gasteiger partial charge in [-0.1, -0.05) is 0 Å². The fourth-order valence-corrected chi connectivity index (χ4v) is 4.04. The second-order valence-corrected chi connectivity index (χ2v) is 8.76. The Morgan fingerprint density at radius 3 is 2.65 bits per heavy atom. The number of benzene rings is 2. The van der Waals surface area contributed by atoms with Crippen LogP contribution in [0.15, 0.2) is 41.3 Å². The van der Waals surface area contributed by atoms with Crippen LogP contribution in [0.5, 0.6) is 17.2 Å². The standard InChI is InChI=1S/C20H21N3O7S/c1-12-20(25)23-15-9-13(3-5-16(15)30-12)22-19(24)11-21-31(26,27)14-4-6-17-18(10-14)29-8-2-7-28-17/h3-6,9-10,12,21H,2,7-8,11H2,1H3,(H,22,24)(H,23,25). The molecule has 2 amide bonds. The first kappa shape index (κ1) is 20.9. The monoisotopic (exact) mass is 447 g/mol. The van der Waals surface area contributed by atoms with Gasteiger partial charge in [0.15, 0.2) is 17.6 Å². The van der Waals surface area contributed by atoms with Gasteiger partial charge in [0.05, 0.1) is 30.3 Å². The molecular formula is C20H21N3O7S. The van der Waals surface area contributed by atoms with Crippen molar-refractivity contribution in [1.82, 2.24) is 4.72 Å². The smallest absolute Gasteiger partial charge is 0.265 e. The highest BCUT2D eigenvalue weighted by atomic mass is 32.2. The molecule has 0 aliphatic carbocycles. The fourth-order valence-electron chi connectivity index (χ4n) is 3.05. The lowest BCUT2D eigenvalue weighted by Crippen LogP contribution is -2.34. The van der Waals surface area contributed by atoms with Crippen molar-refractivity contribution in [3.8, 4) is 17.2 Å². The molecular weight excluding hydrogens is 426 g/mol. The third-order valence-electron chi connectivity index (χ3n) is 4.65. The molecule has 0 saturated heterocycles. The van der Waals surface area contributed by atoms with Gasteiger partial charge in [0, 0.05) is 18.2 Å². The summed E-state index contributed by atoms with van der Waals surface area (Å²) < 4.78 is 43.9. The van der Waals surface area contributed by atoms with Gasteiger partial charge in [-0.3, -0.25) is 9.59 Å². The van der Waals surface area contributed by atoms with Crippen molar-refractivity contribution in [2.75, 3.05) is 30.4 Å². The number of ether oxygens (including phenoxy) is 3. The van der Waals surface area contributed by atoms with Crippen molar-refractivity contribution in [1.29, 1.82) is 0 Å². The molecule has 3 N–H and O–H groups in total. The molecule has 0 spiro atoms. The van der Waals surface area contributed by atoms with Crippen LogP contribution in [0.25, 0.3) is 0 Å². The molecule has 1 unspecified atom stereocenters. The number of hydrogen-bond acceptors (Lipinski definition) is 7. The number of fused-ring (bicyclic) bond motifs is 2. The molecule has 0 bridgehead atoms. The molecule has 31 heavy (non-hydrogen) atoms. The highest BCUT2D eigenvalue weighted by Crippen LogP contribution is 2.33. The third-order valence-corrected chi connectivity index (χ3v) is 6.05. The lowest BCUT2D eigenvalue weighted by molar-refractivity contribution is -0.122. The minimum Gasteiger partial charge on any atom is -0.490 e. The summed E-state index contributed by atoms with van der Waals surface area (Å²) in [4.78, 5) is 23.9. The highest BCUT2D eigenvalue weighted by Gasteiger charge is 2.24. The molecule has 10 nitrogen and oxygen atoms in total. The highest BCUT2D eigenvalue weighted by molar-refractivity contribution is 7.89. The Balaban J connectivity index is 1.39. The molecule has 2 aliphatic rings. The molecule has 0 fully saturated rings. The van der Waals surface area contributed by atoms with E-state index < -0.39 is 28.6 Å². The minimum atomic E-state index is -3.94. The second-order valence-electron chi connectivity index (χ2n) is 6.99. The zero-order valence-electron chi connectivity index (χ0n) is 16.6. The van der Waals surface area contributed by atoms with E-state index >= 15 is 0 Å². The van der Waals surface area contributed by atoms with Gasteiger partial charge >= 0.3 is 0 Å². The molecule has 2 heterocycles. The maximum Gasteiger partial charge on any atom is 0.265 e. The van der Waals surface area contributed by atoms with E-state index in [1.807, 2.05) is 0 Å². The Labute approximate surface area is 178 Å². The molecule has 2 aromatic rings. The van der Waals surface area contributed by atoms with Crippen LogP contribution in [0.4, 0.5) is 11.4 Å². The first-order valence-electron chi connectivity index (χ1n) is 9.62. The zero-order chi connectivity index (χ0) is 22.0. The average Bonchev–Trinajstić information content (AvgIpc) is 2.98. The van der Waals surface area contributed by atoms with Gasteiger partial charge in [-0.15, -0.1) is 0 Å². The Morgan fingerprint density at radius 2 is 1.84 bits per heavy atom. The summed E-state index contributed by atoms with van der Waals surface area (Å²) in [6.07, 6.45) is 0.0967. The third kappa shape index (κ3) is 4.72. The van der Waals surface area contributed by atoms with Crippen LogP contribution in [-0.4, -0.2) is 46.1 Å². The van der Waals surface area contributed by atoms with Gasteiger partial charge in [-0.25, -0.2) is 13.1 Å². The maximum absolute atomic E-state index is 12.6. The van der Waals surface area contributed by atoms with Crippen molar-refractivity contribution in [2.24, 2.45) is 0 Å². The largest absolute Gasteiger partial charge is 0.490 e. The molecule has 2 aromatic carbocycles. The van der Waals surface area contributed by atoms with Crippen LogP contribution >= 0.6 is 0 Å². The number of hydrogen-bond donors (Lipinski definition) is 3. The molecule has 1 atom stereocenters. The van der Waals surface area contributed by atoms with E-state index in [1.54, 1.807) is 19.1 Å². The van der Waals surface area contributed by atoms with E-state index in [1.165, 1.54) is 24.3 Å². The maximum atomic E-state index is 12.6. The molecule has 4 rings (SSSR count). The van der Waals surface area contributed by atoms with Crippen molar-refractivity contribution in [3.63, 3.8) is 0 Å². The van der Waals surface area contributed by atoms with Crippen LogP contribution in [-0.2, 0) is 19.6 Å². The summed E-state index contributed by atoms with van der Waals surface area (Å²) in [5.74, 6) is 0.443. The van der Waals surface area contributed by atoms with Crippen molar-refractivity contribution in [2.45, 2.75) is 24.3 Å². The molecule has 0 aromatic heterocycles. The first-order valence-corrected chi connectivity index (χ1v) is 11.1. The number of sulfonamides is 1. The van der Waals surface area contributed by atoms with E-state index in [0.29, 0.717) is 48.3 Å². The number of carbonyl (C=O) groups excluding carboxylic acids is 2. The SMILES string of the molecule is CC1Oc2ccc(NC(=O)CNS(=O)(=O)c3ccc4c(c3)OCCCO4)cc2NC1=O. The summed E-state index contributed by atoms with van der Waals surface area (Å²) in [7, 11) is -3.94. The van der Waals surface area contributed by atoms with Crippen LogP contribution < -0.4 is 29.6 Å². The fraction of sp³-hybridized carbons (Fsp3) is 0.300. The van der Waals surface area contributed by atoms with Crippen molar-refractivity contribution in [3.05, 3.63) is 36.4 Å². The van der Waals surface area contributed by atoms with Crippen molar-refractivity contribution >= 4 is 33.2 Å². The van der Waals surface area contributed by atoms with Crippen LogP contribution in [0, 0.1) is 0 Å². The van der Waals surface area contributed by atoms with Gasteiger partial charge < -0.3 is 24.8 Å². The average molecular weight is 447 g/mol. The van der Waals surface area contributed by atoms with Gasteiger partial charge in [0.1, 0.15) is 5.75 Å². The van der Waals surface area contributed by atoms with Gasteiger partial charge in [0.2, 0.25) is 15.9 Å². The predicted octanol–water partition coefficient (Wildman–Crippen LogP) is 1.48. The van der Waals surface area contributed by atoms with Gasteiger partial charge in [-0.2, -0.15) is 0 Å². The number of amides is 2. The normalized spacial score (nSPS) is 17.6. The zero-order valence-corrected chi connectivity index (χ0v) is 17.5. The van der Waals surface area contributed by atoms with Gasteiger partial charge in [0.25, 0.3) is 5.91 Å². The van der Waals surface area contributed by atoms with Crippen LogP contribution in [0.3, 0.4) is 0 Å². The topological polar surface area (TPSA) is 132 Å².